The molecule has 0 aliphatic carbocycles. The zero-order valence-electron chi connectivity index (χ0n) is 10.9. The number of carbonyl (C=O) groups excluding carboxylic acids is 1. The molecule has 0 spiro atoms. The highest BCUT2D eigenvalue weighted by molar-refractivity contribution is 7.80. The van der Waals surface area contributed by atoms with E-state index in [1.54, 1.807) is 0 Å². The third-order valence-corrected chi connectivity index (χ3v) is 3.48. The molecule has 5 heteroatoms. The molecule has 2 atom stereocenters. The van der Waals surface area contributed by atoms with Crippen LogP contribution in [0.25, 0.3) is 0 Å². The van der Waals surface area contributed by atoms with Crippen molar-refractivity contribution in [3.05, 3.63) is 35.4 Å². The van der Waals surface area contributed by atoms with E-state index >= 15 is 0 Å². The summed E-state index contributed by atoms with van der Waals surface area (Å²) in [5.41, 5.74) is 7.39. The zero-order valence-corrected chi connectivity index (χ0v) is 11.7. The van der Waals surface area contributed by atoms with Crippen LogP contribution in [0.1, 0.15) is 24.5 Å². The van der Waals surface area contributed by atoms with Crippen LogP contribution in [-0.4, -0.2) is 23.6 Å². The van der Waals surface area contributed by atoms with Crippen molar-refractivity contribution < 1.29 is 9.53 Å². The third kappa shape index (κ3) is 3.75. The highest BCUT2D eigenvalue weighted by Crippen LogP contribution is 2.19. The molecule has 2 rings (SSSR count). The van der Waals surface area contributed by atoms with Crippen LogP contribution in [0, 0.1) is 5.92 Å². The lowest BCUT2D eigenvalue weighted by atomic mass is 10.1. The monoisotopic (exact) mass is 278 g/mol. The summed E-state index contributed by atoms with van der Waals surface area (Å²) in [7, 11) is 0. The molecule has 19 heavy (non-hydrogen) atoms. The molecular formula is C14H18N2O2S. The molecule has 2 unspecified atom stereocenters. The number of hydrogen-bond donors (Lipinski definition) is 2. The van der Waals surface area contributed by atoms with Gasteiger partial charge in [0.25, 0.3) is 0 Å². The first-order valence-corrected chi connectivity index (χ1v) is 6.75. The first kappa shape index (κ1) is 14.0. The van der Waals surface area contributed by atoms with Crippen LogP contribution in [-0.2, 0) is 16.1 Å². The van der Waals surface area contributed by atoms with E-state index in [0.717, 1.165) is 17.5 Å². The van der Waals surface area contributed by atoms with Crippen LogP contribution in [0.15, 0.2) is 24.3 Å². The number of ether oxygens (including phenoxy) is 1. The molecule has 0 bridgehead atoms. The first-order valence-electron chi connectivity index (χ1n) is 6.34. The predicted octanol–water partition coefficient (Wildman–Crippen LogP) is 1.36. The molecule has 3 N–H and O–H groups in total. The molecule has 1 aliphatic rings. The summed E-state index contributed by atoms with van der Waals surface area (Å²) < 4.78 is 5.39. The van der Waals surface area contributed by atoms with Crippen molar-refractivity contribution >= 4 is 23.1 Å². The number of thiocarbonyl (C=S) groups is 1. The van der Waals surface area contributed by atoms with Crippen LogP contribution < -0.4 is 11.1 Å². The third-order valence-electron chi connectivity index (χ3n) is 3.25. The highest BCUT2D eigenvalue weighted by Gasteiger charge is 2.27. The Balaban J connectivity index is 1.90. The van der Waals surface area contributed by atoms with E-state index in [2.05, 4.69) is 5.32 Å². The molecule has 1 fully saturated rings. The molecule has 1 heterocycles. The van der Waals surface area contributed by atoms with Crippen molar-refractivity contribution in [2.24, 2.45) is 11.7 Å². The van der Waals surface area contributed by atoms with E-state index < -0.39 is 0 Å². The van der Waals surface area contributed by atoms with Crippen molar-refractivity contribution in [3.63, 3.8) is 0 Å². The number of carbonyl (C=O) groups is 1. The summed E-state index contributed by atoms with van der Waals surface area (Å²) in [6.07, 6.45) is 0.965. The van der Waals surface area contributed by atoms with Gasteiger partial charge >= 0.3 is 0 Å². The van der Waals surface area contributed by atoms with Gasteiger partial charge in [0.15, 0.2) is 0 Å². The Labute approximate surface area is 118 Å². The normalized spacial score (nSPS) is 22.2. The summed E-state index contributed by atoms with van der Waals surface area (Å²) in [5.74, 6) is 0.0128. The van der Waals surface area contributed by atoms with Gasteiger partial charge in [-0.2, -0.15) is 0 Å². The van der Waals surface area contributed by atoms with Gasteiger partial charge in [-0.3, -0.25) is 4.79 Å². The molecule has 1 aliphatic heterocycles. The minimum Gasteiger partial charge on any atom is -0.389 e. The minimum absolute atomic E-state index is 0.0335. The predicted molar refractivity (Wildman–Crippen MR) is 77.7 cm³/mol. The second-order valence-corrected chi connectivity index (χ2v) is 5.30. The van der Waals surface area contributed by atoms with Crippen molar-refractivity contribution in [3.8, 4) is 0 Å². The molecule has 0 saturated carbocycles. The summed E-state index contributed by atoms with van der Waals surface area (Å²) >= 11 is 4.93. The molecule has 4 nitrogen and oxygen atoms in total. The fourth-order valence-electron chi connectivity index (χ4n) is 2.17. The van der Waals surface area contributed by atoms with Gasteiger partial charge in [-0.05, 0) is 25.0 Å². The summed E-state index contributed by atoms with van der Waals surface area (Å²) in [6.45, 7) is 2.99. The Morgan fingerprint density at radius 1 is 1.58 bits per heavy atom. The topological polar surface area (TPSA) is 64.4 Å². The molecule has 0 aromatic heterocycles. The number of hydrogen-bond acceptors (Lipinski definition) is 3. The quantitative estimate of drug-likeness (QED) is 0.816. The van der Waals surface area contributed by atoms with Gasteiger partial charge in [0.2, 0.25) is 5.91 Å². The number of benzene rings is 1. The lowest BCUT2D eigenvalue weighted by molar-refractivity contribution is -0.125. The van der Waals surface area contributed by atoms with Crippen LogP contribution in [0.4, 0.5) is 0 Å². The van der Waals surface area contributed by atoms with Crippen LogP contribution in [0.5, 0.6) is 0 Å². The Morgan fingerprint density at radius 3 is 3.00 bits per heavy atom. The Kier molecular flexibility index (Phi) is 4.50. The summed E-state index contributed by atoms with van der Waals surface area (Å²) in [4.78, 5) is 12.3. The van der Waals surface area contributed by atoms with E-state index in [4.69, 9.17) is 22.7 Å². The van der Waals surface area contributed by atoms with Crippen LogP contribution >= 0.6 is 12.2 Å². The van der Waals surface area contributed by atoms with E-state index in [-0.39, 0.29) is 17.9 Å². The second kappa shape index (κ2) is 6.12. The van der Waals surface area contributed by atoms with E-state index in [1.165, 1.54) is 0 Å². The Hall–Kier alpha value is -1.46. The lowest BCUT2D eigenvalue weighted by Crippen LogP contribution is -2.30. The largest absolute Gasteiger partial charge is 0.389 e. The average molecular weight is 278 g/mol. The molecule has 1 aromatic carbocycles. The van der Waals surface area contributed by atoms with Crippen molar-refractivity contribution in [1.82, 2.24) is 5.32 Å². The average Bonchev–Trinajstić information content (AvgIpc) is 2.83. The second-order valence-electron chi connectivity index (χ2n) is 4.86. The maximum absolute atomic E-state index is 11.9. The van der Waals surface area contributed by atoms with Crippen LogP contribution in [0.2, 0.25) is 0 Å². The Bertz CT molecular complexity index is 490. The van der Waals surface area contributed by atoms with Gasteiger partial charge in [-0.15, -0.1) is 0 Å². The number of nitrogens with two attached hydrogens (primary N) is 1. The van der Waals surface area contributed by atoms with E-state index in [9.17, 15) is 4.79 Å². The van der Waals surface area contributed by atoms with Gasteiger partial charge in [-0.25, -0.2) is 0 Å². The van der Waals surface area contributed by atoms with Gasteiger partial charge in [0.1, 0.15) is 4.99 Å². The number of rotatable bonds is 4. The summed E-state index contributed by atoms with van der Waals surface area (Å²) in [6, 6.07) is 7.59. The molecule has 0 radical (unpaired) electrons. The van der Waals surface area contributed by atoms with Gasteiger partial charge in [0, 0.05) is 12.1 Å². The first-order chi connectivity index (χ1) is 9.06. The zero-order chi connectivity index (χ0) is 13.8. The maximum Gasteiger partial charge on any atom is 0.225 e. The van der Waals surface area contributed by atoms with Gasteiger partial charge in [-0.1, -0.05) is 30.4 Å². The van der Waals surface area contributed by atoms with Crippen molar-refractivity contribution in [2.75, 3.05) is 6.61 Å². The van der Waals surface area contributed by atoms with E-state index in [1.807, 2.05) is 31.2 Å². The fourth-order valence-corrected chi connectivity index (χ4v) is 2.29. The van der Waals surface area contributed by atoms with Crippen molar-refractivity contribution in [2.45, 2.75) is 26.0 Å². The van der Waals surface area contributed by atoms with Gasteiger partial charge < -0.3 is 15.8 Å². The van der Waals surface area contributed by atoms with Crippen LogP contribution in [0.3, 0.4) is 0 Å². The van der Waals surface area contributed by atoms with Crippen molar-refractivity contribution in [1.29, 1.82) is 0 Å². The fraction of sp³-hybridized carbons (Fsp3) is 0.429. The highest BCUT2D eigenvalue weighted by atomic mass is 32.1. The van der Waals surface area contributed by atoms with Gasteiger partial charge in [0.05, 0.1) is 18.6 Å². The molecule has 1 saturated heterocycles. The number of nitrogens with one attached hydrogen (secondary N) is 1. The molecule has 102 valence electrons. The maximum atomic E-state index is 11.9. The smallest absolute Gasteiger partial charge is 0.225 e. The number of amides is 1. The molecular weight excluding hydrogens is 260 g/mol. The standard InChI is InChI=1S/C14H18N2O2S/c1-9-5-12(8-18-9)14(17)16-7-10-3-2-4-11(6-10)13(15)19/h2-4,6,9,12H,5,7-8H2,1H3,(H2,15,19)(H,16,17). The Morgan fingerprint density at radius 2 is 2.37 bits per heavy atom. The summed E-state index contributed by atoms with van der Waals surface area (Å²) in [5, 5.41) is 2.92. The molecule has 1 amide bonds. The minimum atomic E-state index is -0.0335. The lowest BCUT2D eigenvalue weighted by Gasteiger charge is -2.10. The molecule has 1 aromatic rings. The van der Waals surface area contributed by atoms with E-state index in [0.29, 0.717) is 18.1 Å². The SMILES string of the molecule is CC1CC(C(=O)NCc2cccc(C(N)=S)c2)CO1.